The standard InChI is InChI=1S/C19H29N3O2S/c1-12-7-3-5-9-14(12)22(2)11-16(23)21-19-17(18(20)24)13-8-4-6-10-15(13)25-19/h12,14H,3-11H2,1-2H3,(H2,20,24)(H,21,23). The molecular weight excluding hydrogens is 334 g/mol. The first kappa shape index (κ1) is 18.4. The van der Waals surface area contributed by atoms with E-state index in [-0.39, 0.29) is 5.91 Å². The van der Waals surface area contributed by atoms with Crippen LogP contribution in [0.15, 0.2) is 0 Å². The highest BCUT2D eigenvalue weighted by Crippen LogP contribution is 2.38. The molecule has 2 atom stereocenters. The van der Waals surface area contributed by atoms with Crippen LogP contribution in [0.1, 0.15) is 66.2 Å². The fourth-order valence-electron chi connectivity index (χ4n) is 4.38. The largest absolute Gasteiger partial charge is 0.365 e. The van der Waals surface area contributed by atoms with Crippen molar-refractivity contribution in [3.8, 4) is 0 Å². The zero-order valence-corrected chi connectivity index (χ0v) is 16.1. The summed E-state index contributed by atoms with van der Waals surface area (Å²) >= 11 is 1.53. The molecule has 1 fully saturated rings. The van der Waals surface area contributed by atoms with Gasteiger partial charge in [-0.15, -0.1) is 11.3 Å². The SMILES string of the molecule is CC1CCCCC1N(C)CC(=O)Nc1sc2c(c1C(N)=O)CCCC2. The number of primary amides is 1. The summed E-state index contributed by atoms with van der Waals surface area (Å²) in [5, 5.41) is 3.62. The van der Waals surface area contributed by atoms with Crippen LogP contribution in [0.2, 0.25) is 0 Å². The van der Waals surface area contributed by atoms with Crippen molar-refractivity contribution < 1.29 is 9.59 Å². The molecule has 1 heterocycles. The van der Waals surface area contributed by atoms with Crippen LogP contribution in [0.25, 0.3) is 0 Å². The van der Waals surface area contributed by atoms with Crippen LogP contribution in [-0.4, -0.2) is 36.3 Å². The van der Waals surface area contributed by atoms with Gasteiger partial charge in [0, 0.05) is 10.9 Å². The number of amides is 2. The monoisotopic (exact) mass is 363 g/mol. The van der Waals surface area contributed by atoms with Gasteiger partial charge >= 0.3 is 0 Å². The smallest absolute Gasteiger partial charge is 0.251 e. The number of nitrogens with two attached hydrogens (primary N) is 1. The number of nitrogens with one attached hydrogen (secondary N) is 1. The molecule has 1 aromatic rings. The van der Waals surface area contributed by atoms with E-state index in [2.05, 4.69) is 17.1 Å². The Morgan fingerprint density at radius 3 is 2.64 bits per heavy atom. The van der Waals surface area contributed by atoms with E-state index in [1.807, 2.05) is 7.05 Å². The molecule has 0 aromatic carbocycles. The van der Waals surface area contributed by atoms with E-state index in [0.29, 0.717) is 29.1 Å². The molecule has 2 aliphatic rings. The number of likely N-dealkylation sites (N-methyl/N-ethyl adjacent to an activating group) is 1. The molecule has 2 amide bonds. The highest BCUT2D eigenvalue weighted by Gasteiger charge is 2.28. The van der Waals surface area contributed by atoms with Crippen LogP contribution < -0.4 is 11.1 Å². The molecule has 1 saturated carbocycles. The number of hydrogen-bond donors (Lipinski definition) is 2. The highest BCUT2D eigenvalue weighted by atomic mass is 32.1. The van der Waals surface area contributed by atoms with Crippen LogP contribution >= 0.6 is 11.3 Å². The lowest BCUT2D eigenvalue weighted by Gasteiger charge is -2.35. The van der Waals surface area contributed by atoms with Gasteiger partial charge in [0.1, 0.15) is 5.00 Å². The molecule has 5 nitrogen and oxygen atoms in total. The lowest BCUT2D eigenvalue weighted by Crippen LogP contribution is -2.42. The maximum atomic E-state index is 12.6. The van der Waals surface area contributed by atoms with E-state index >= 15 is 0 Å². The van der Waals surface area contributed by atoms with Gasteiger partial charge in [0.25, 0.3) is 5.91 Å². The average Bonchev–Trinajstić information content (AvgIpc) is 2.92. The third-order valence-corrected chi connectivity index (χ3v) is 6.90. The van der Waals surface area contributed by atoms with Gasteiger partial charge in [-0.05, 0) is 57.1 Å². The fourth-order valence-corrected chi connectivity index (χ4v) is 5.69. The van der Waals surface area contributed by atoms with E-state index in [9.17, 15) is 9.59 Å². The number of carbonyl (C=O) groups is 2. The van der Waals surface area contributed by atoms with Crippen molar-refractivity contribution >= 4 is 28.2 Å². The van der Waals surface area contributed by atoms with Crippen molar-refractivity contribution in [1.82, 2.24) is 4.90 Å². The summed E-state index contributed by atoms with van der Waals surface area (Å²) < 4.78 is 0. The molecule has 3 N–H and O–H groups in total. The number of nitrogens with zero attached hydrogens (tertiary/aromatic N) is 1. The molecule has 1 aromatic heterocycles. The second kappa shape index (κ2) is 7.87. The minimum absolute atomic E-state index is 0.0543. The average molecular weight is 364 g/mol. The van der Waals surface area contributed by atoms with E-state index in [1.165, 1.54) is 35.5 Å². The minimum atomic E-state index is -0.427. The lowest BCUT2D eigenvalue weighted by atomic mass is 9.85. The number of fused-ring (bicyclic) bond motifs is 1. The van der Waals surface area contributed by atoms with Crippen molar-refractivity contribution in [2.75, 3.05) is 18.9 Å². The van der Waals surface area contributed by atoms with E-state index in [1.54, 1.807) is 0 Å². The molecule has 2 aliphatic carbocycles. The molecule has 3 rings (SSSR count). The van der Waals surface area contributed by atoms with E-state index in [0.717, 1.165) is 37.7 Å². The predicted octanol–water partition coefficient (Wildman–Crippen LogP) is 3.17. The Balaban J connectivity index is 1.68. The summed E-state index contributed by atoms with van der Waals surface area (Å²) in [7, 11) is 2.03. The summed E-state index contributed by atoms with van der Waals surface area (Å²) in [5.74, 6) is 0.145. The summed E-state index contributed by atoms with van der Waals surface area (Å²) in [4.78, 5) is 27.9. The molecule has 0 radical (unpaired) electrons. The Labute approximate surface area is 154 Å². The zero-order valence-electron chi connectivity index (χ0n) is 15.3. The second-order valence-corrected chi connectivity index (χ2v) is 8.68. The maximum absolute atomic E-state index is 12.6. The van der Waals surface area contributed by atoms with Gasteiger partial charge in [0.15, 0.2) is 0 Å². The molecule has 0 saturated heterocycles. The Morgan fingerprint density at radius 2 is 1.92 bits per heavy atom. The van der Waals surface area contributed by atoms with E-state index in [4.69, 9.17) is 5.73 Å². The van der Waals surface area contributed by atoms with Crippen LogP contribution in [0, 0.1) is 5.92 Å². The lowest BCUT2D eigenvalue weighted by molar-refractivity contribution is -0.117. The van der Waals surface area contributed by atoms with Crippen molar-refractivity contribution in [2.24, 2.45) is 11.7 Å². The van der Waals surface area contributed by atoms with Crippen molar-refractivity contribution in [2.45, 2.75) is 64.3 Å². The Bertz CT molecular complexity index is 655. The Kier molecular flexibility index (Phi) is 5.79. The molecule has 25 heavy (non-hydrogen) atoms. The Hall–Kier alpha value is -1.40. The first-order valence-corrected chi connectivity index (χ1v) is 10.2. The Morgan fingerprint density at radius 1 is 1.20 bits per heavy atom. The van der Waals surface area contributed by atoms with Crippen LogP contribution in [0.4, 0.5) is 5.00 Å². The first-order valence-electron chi connectivity index (χ1n) is 9.41. The number of carbonyl (C=O) groups excluding carboxylic acids is 2. The summed E-state index contributed by atoms with van der Waals surface area (Å²) in [5.41, 5.74) is 7.21. The topological polar surface area (TPSA) is 75.4 Å². The van der Waals surface area contributed by atoms with Gasteiger partial charge in [0.05, 0.1) is 12.1 Å². The molecule has 0 spiro atoms. The van der Waals surface area contributed by atoms with Gasteiger partial charge < -0.3 is 11.1 Å². The number of thiophene rings is 1. The fraction of sp³-hybridized carbons (Fsp3) is 0.684. The second-order valence-electron chi connectivity index (χ2n) is 7.57. The van der Waals surface area contributed by atoms with Crippen molar-refractivity contribution in [3.05, 3.63) is 16.0 Å². The van der Waals surface area contributed by atoms with Gasteiger partial charge in [-0.25, -0.2) is 0 Å². The normalized spacial score (nSPS) is 23.3. The van der Waals surface area contributed by atoms with E-state index < -0.39 is 5.91 Å². The first-order chi connectivity index (χ1) is 12.0. The van der Waals surface area contributed by atoms with Crippen LogP contribution in [0.5, 0.6) is 0 Å². The molecule has 6 heteroatoms. The van der Waals surface area contributed by atoms with Crippen LogP contribution in [-0.2, 0) is 17.6 Å². The quantitative estimate of drug-likeness (QED) is 0.844. The highest BCUT2D eigenvalue weighted by molar-refractivity contribution is 7.17. The predicted molar refractivity (Wildman–Crippen MR) is 102 cm³/mol. The van der Waals surface area contributed by atoms with Crippen molar-refractivity contribution in [1.29, 1.82) is 0 Å². The molecular formula is C19H29N3O2S. The number of rotatable bonds is 5. The molecule has 2 unspecified atom stereocenters. The maximum Gasteiger partial charge on any atom is 0.251 e. The number of anilines is 1. The van der Waals surface area contributed by atoms with Crippen LogP contribution in [0.3, 0.4) is 0 Å². The molecule has 0 bridgehead atoms. The zero-order chi connectivity index (χ0) is 18.0. The van der Waals surface area contributed by atoms with Crippen molar-refractivity contribution in [3.63, 3.8) is 0 Å². The summed E-state index contributed by atoms with van der Waals surface area (Å²) in [6.07, 6.45) is 9.02. The third-order valence-electron chi connectivity index (χ3n) is 5.70. The summed E-state index contributed by atoms with van der Waals surface area (Å²) in [6, 6.07) is 0.464. The minimum Gasteiger partial charge on any atom is -0.365 e. The molecule has 138 valence electrons. The van der Waals surface area contributed by atoms with Gasteiger partial charge in [-0.3, -0.25) is 14.5 Å². The molecule has 0 aliphatic heterocycles. The van der Waals surface area contributed by atoms with Gasteiger partial charge in [-0.1, -0.05) is 19.8 Å². The van der Waals surface area contributed by atoms with Gasteiger partial charge in [0.2, 0.25) is 5.91 Å². The number of hydrogen-bond acceptors (Lipinski definition) is 4. The summed E-state index contributed by atoms with van der Waals surface area (Å²) in [6.45, 7) is 2.63. The third kappa shape index (κ3) is 4.06. The van der Waals surface area contributed by atoms with Gasteiger partial charge in [-0.2, -0.15) is 0 Å². The number of aryl methyl sites for hydroxylation is 1.